The van der Waals surface area contributed by atoms with E-state index in [4.69, 9.17) is 9.47 Å². The van der Waals surface area contributed by atoms with E-state index < -0.39 is 0 Å². The summed E-state index contributed by atoms with van der Waals surface area (Å²) in [5.74, 6) is 1.05. The van der Waals surface area contributed by atoms with E-state index in [9.17, 15) is 4.79 Å². The molecule has 3 heterocycles. The molecule has 2 aromatic rings. The van der Waals surface area contributed by atoms with Crippen LogP contribution in [-0.2, 0) is 20.8 Å². The lowest BCUT2D eigenvalue weighted by Gasteiger charge is -2.35. The second-order valence-corrected chi connectivity index (χ2v) is 9.43. The number of carbonyl (C=O) groups is 1. The van der Waals surface area contributed by atoms with Crippen LogP contribution in [-0.4, -0.2) is 50.4 Å². The molecule has 1 aromatic carbocycles. The van der Waals surface area contributed by atoms with Crippen molar-refractivity contribution in [2.24, 2.45) is 5.92 Å². The zero-order chi connectivity index (χ0) is 22.8. The normalized spacial score (nSPS) is 23.2. The van der Waals surface area contributed by atoms with Gasteiger partial charge in [0.05, 0.1) is 24.0 Å². The van der Waals surface area contributed by atoms with Crippen LogP contribution in [0.4, 0.5) is 22.9 Å². The summed E-state index contributed by atoms with van der Waals surface area (Å²) in [4.78, 5) is 22.7. The number of benzene rings is 1. The number of fused-ring (bicyclic) bond motifs is 2. The third kappa shape index (κ3) is 4.57. The second-order valence-electron chi connectivity index (χ2n) is 9.43. The van der Waals surface area contributed by atoms with Crippen LogP contribution in [0.15, 0.2) is 36.5 Å². The first-order valence-electron chi connectivity index (χ1n) is 12.1. The van der Waals surface area contributed by atoms with E-state index in [1.54, 1.807) is 13.3 Å². The Bertz CT molecular complexity index is 983. The van der Waals surface area contributed by atoms with Gasteiger partial charge in [-0.05, 0) is 62.8 Å². The Labute approximate surface area is 196 Å². The summed E-state index contributed by atoms with van der Waals surface area (Å²) >= 11 is 0. The number of methoxy groups -OCH3 is 1. The van der Waals surface area contributed by atoms with Gasteiger partial charge in [-0.1, -0.05) is 6.07 Å². The standard InChI is InChI=1S/C26H34N4O3/c1-29(20-11-14-33-15-12-20)21-7-10-23-24(16-21)30(17-19-4-3-13-27-25(19)28-23)26(31)18-5-8-22(32-2)9-6-18/h3-4,7,10,13,16,18,20,22H,5-6,8-9,11-12,14-15,17H2,1-2H3,(H,27,28)/t18-,22-. The molecule has 7 heteroatoms. The Kier molecular flexibility index (Phi) is 6.51. The van der Waals surface area contributed by atoms with Gasteiger partial charge < -0.3 is 24.6 Å². The van der Waals surface area contributed by atoms with Gasteiger partial charge in [0.15, 0.2) is 0 Å². The average molecular weight is 451 g/mol. The van der Waals surface area contributed by atoms with E-state index in [1.165, 1.54) is 0 Å². The summed E-state index contributed by atoms with van der Waals surface area (Å²) in [7, 11) is 3.92. The molecule has 5 rings (SSSR count). The summed E-state index contributed by atoms with van der Waals surface area (Å²) in [5, 5.41) is 3.49. The summed E-state index contributed by atoms with van der Waals surface area (Å²) in [6.45, 7) is 2.13. The summed E-state index contributed by atoms with van der Waals surface area (Å²) in [6, 6.07) is 10.8. The molecule has 2 aliphatic heterocycles. The van der Waals surface area contributed by atoms with Crippen LogP contribution < -0.4 is 15.1 Å². The molecule has 0 bridgehead atoms. The number of nitrogens with one attached hydrogen (secondary N) is 1. The molecule has 0 spiro atoms. The van der Waals surface area contributed by atoms with Gasteiger partial charge in [0.2, 0.25) is 5.91 Å². The SMILES string of the molecule is CO[C@H]1CC[C@H](C(=O)N2Cc3cccnc3Nc3ccc(N(C)C4CCOCC4)cc32)CC1. The Balaban J connectivity index is 1.47. The number of nitrogens with zero attached hydrogens (tertiary/aromatic N) is 3. The van der Waals surface area contributed by atoms with Gasteiger partial charge >= 0.3 is 0 Å². The van der Waals surface area contributed by atoms with E-state index in [1.807, 2.05) is 11.0 Å². The number of rotatable bonds is 4. The lowest BCUT2D eigenvalue weighted by molar-refractivity contribution is -0.124. The Morgan fingerprint density at radius 3 is 2.70 bits per heavy atom. The second kappa shape index (κ2) is 9.69. The smallest absolute Gasteiger partial charge is 0.230 e. The van der Waals surface area contributed by atoms with E-state index in [0.717, 1.165) is 80.2 Å². The summed E-state index contributed by atoms with van der Waals surface area (Å²) in [6.07, 6.45) is 7.74. The summed E-state index contributed by atoms with van der Waals surface area (Å²) < 4.78 is 11.1. The number of amides is 1. The number of carbonyl (C=O) groups excluding carboxylic acids is 1. The molecule has 1 aliphatic carbocycles. The lowest BCUT2D eigenvalue weighted by Crippen LogP contribution is -2.39. The van der Waals surface area contributed by atoms with Crippen molar-refractivity contribution in [3.05, 3.63) is 42.1 Å². The number of ether oxygens (including phenoxy) is 2. The molecule has 33 heavy (non-hydrogen) atoms. The van der Waals surface area contributed by atoms with Crippen molar-refractivity contribution in [1.82, 2.24) is 4.98 Å². The fourth-order valence-electron chi connectivity index (χ4n) is 5.38. The van der Waals surface area contributed by atoms with Crippen LogP contribution in [0.5, 0.6) is 0 Å². The van der Waals surface area contributed by atoms with Crippen LogP contribution in [0, 0.1) is 5.92 Å². The molecular formula is C26H34N4O3. The average Bonchev–Trinajstić information content (AvgIpc) is 3.04. The highest BCUT2D eigenvalue weighted by molar-refractivity contribution is 6.00. The third-order valence-corrected chi connectivity index (χ3v) is 7.51. The Hall–Kier alpha value is -2.64. The molecule has 1 saturated heterocycles. The van der Waals surface area contributed by atoms with Crippen molar-refractivity contribution in [2.45, 2.75) is 57.2 Å². The maximum absolute atomic E-state index is 13.9. The third-order valence-electron chi connectivity index (χ3n) is 7.51. The monoisotopic (exact) mass is 450 g/mol. The number of hydrogen-bond acceptors (Lipinski definition) is 6. The molecule has 176 valence electrons. The van der Waals surface area contributed by atoms with Crippen LogP contribution in [0.1, 0.15) is 44.1 Å². The summed E-state index contributed by atoms with van der Waals surface area (Å²) in [5.41, 5.74) is 4.02. The molecule has 0 unspecified atom stereocenters. The van der Waals surface area contributed by atoms with Gasteiger partial charge in [-0.2, -0.15) is 0 Å². The molecular weight excluding hydrogens is 416 g/mol. The number of pyridine rings is 1. The number of aromatic nitrogens is 1. The van der Waals surface area contributed by atoms with E-state index in [0.29, 0.717) is 12.6 Å². The molecule has 1 aromatic heterocycles. The highest BCUT2D eigenvalue weighted by Crippen LogP contribution is 2.40. The minimum absolute atomic E-state index is 0.0272. The maximum Gasteiger partial charge on any atom is 0.230 e. The van der Waals surface area contributed by atoms with E-state index in [2.05, 4.69) is 46.5 Å². The van der Waals surface area contributed by atoms with Gasteiger partial charge in [0.25, 0.3) is 0 Å². The van der Waals surface area contributed by atoms with Gasteiger partial charge in [0, 0.05) is 56.8 Å². The van der Waals surface area contributed by atoms with Gasteiger partial charge in [-0.15, -0.1) is 0 Å². The van der Waals surface area contributed by atoms with Gasteiger partial charge in [-0.25, -0.2) is 4.98 Å². The topological polar surface area (TPSA) is 66.9 Å². The van der Waals surface area contributed by atoms with Crippen LogP contribution >= 0.6 is 0 Å². The first-order chi connectivity index (χ1) is 16.1. The molecule has 3 aliphatic rings. The predicted molar refractivity (Wildman–Crippen MR) is 130 cm³/mol. The van der Waals surface area contributed by atoms with Crippen molar-refractivity contribution >= 4 is 28.8 Å². The zero-order valence-electron chi connectivity index (χ0n) is 19.6. The fourth-order valence-corrected chi connectivity index (χ4v) is 5.38. The molecule has 0 atom stereocenters. The van der Waals surface area contributed by atoms with Crippen molar-refractivity contribution in [1.29, 1.82) is 0 Å². The Morgan fingerprint density at radius 2 is 1.94 bits per heavy atom. The minimum Gasteiger partial charge on any atom is -0.381 e. The first kappa shape index (κ1) is 22.2. The quantitative estimate of drug-likeness (QED) is 0.740. The van der Waals surface area contributed by atoms with Crippen LogP contribution in [0.25, 0.3) is 0 Å². The minimum atomic E-state index is 0.0272. The fraction of sp³-hybridized carbons (Fsp3) is 0.538. The largest absolute Gasteiger partial charge is 0.381 e. The van der Waals surface area contributed by atoms with Crippen molar-refractivity contribution < 1.29 is 14.3 Å². The lowest BCUT2D eigenvalue weighted by atomic mass is 9.86. The van der Waals surface area contributed by atoms with Crippen LogP contribution in [0.3, 0.4) is 0 Å². The molecule has 1 N–H and O–H groups in total. The van der Waals surface area contributed by atoms with Gasteiger partial charge in [0.1, 0.15) is 5.82 Å². The van der Waals surface area contributed by atoms with Crippen molar-refractivity contribution in [3.8, 4) is 0 Å². The van der Waals surface area contributed by atoms with Gasteiger partial charge in [-0.3, -0.25) is 4.79 Å². The van der Waals surface area contributed by atoms with Crippen LogP contribution in [0.2, 0.25) is 0 Å². The van der Waals surface area contributed by atoms with E-state index >= 15 is 0 Å². The highest BCUT2D eigenvalue weighted by Gasteiger charge is 2.33. The Morgan fingerprint density at radius 1 is 1.15 bits per heavy atom. The maximum atomic E-state index is 13.9. The van der Waals surface area contributed by atoms with Crippen molar-refractivity contribution in [3.63, 3.8) is 0 Å². The number of hydrogen-bond donors (Lipinski definition) is 1. The molecule has 2 fully saturated rings. The molecule has 7 nitrogen and oxygen atoms in total. The molecule has 0 radical (unpaired) electrons. The predicted octanol–water partition coefficient (Wildman–Crippen LogP) is 4.49. The highest BCUT2D eigenvalue weighted by atomic mass is 16.5. The first-order valence-corrected chi connectivity index (χ1v) is 12.1. The molecule has 1 amide bonds. The zero-order valence-corrected chi connectivity index (χ0v) is 19.6. The van der Waals surface area contributed by atoms with Crippen molar-refractivity contribution in [2.75, 3.05) is 42.5 Å². The molecule has 1 saturated carbocycles. The number of anilines is 4. The van der Waals surface area contributed by atoms with E-state index in [-0.39, 0.29) is 17.9 Å².